The lowest BCUT2D eigenvalue weighted by Crippen LogP contribution is -2.43. The van der Waals surface area contributed by atoms with Crippen molar-refractivity contribution in [2.24, 2.45) is 5.41 Å². The van der Waals surface area contributed by atoms with E-state index in [-0.39, 0.29) is 18.7 Å². The number of carboxylic acid groups (broad SMARTS) is 1. The number of amides is 2. The molecule has 0 fully saturated rings. The second-order valence-corrected chi connectivity index (χ2v) is 6.56. The number of aryl methyl sites for hydroxylation is 1. The van der Waals surface area contributed by atoms with Crippen LogP contribution >= 0.6 is 11.3 Å². The Balaban J connectivity index is 2.45. The smallest absolute Gasteiger partial charge is 0.303 e. The number of hydrogen-bond donors (Lipinski definition) is 3. The van der Waals surface area contributed by atoms with E-state index in [9.17, 15) is 14.4 Å². The Morgan fingerprint density at radius 3 is 2.43 bits per heavy atom. The molecule has 1 heterocycles. The molecule has 0 spiro atoms. The van der Waals surface area contributed by atoms with Crippen molar-refractivity contribution < 1.29 is 19.5 Å². The van der Waals surface area contributed by atoms with Crippen molar-refractivity contribution in [2.75, 3.05) is 0 Å². The van der Waals surface area contributed by atoms with Crippen LogP contribution in [0.15, 0.2) is 11.4 Å². The van der Waals surface area contributed by atoms with E-state index in [0.717, 1.165) is 11.3 Å². The molecular weight excluding hydrogens is 292 g/mol. The summed E-state index contributed by atoms with van der Waals surface area (Å²) in [5.41, 5.74) is 4.48. The molecule has 0 unspecified atom stereocenters. The van der Waals surface area contributed by atoms with Crippen LogP contribution in [0.4, 0.5) is 0 Å². The minimum Gasteiger partial charge on any atom is -0.481 e. The van der Waals surface area contributed by atoms with Gasteiger partial charge in [-0.15, -0.1) is 11.3 Å². The molecule has 0 radical (unpaired) electrons. The lowest BCUT2D eigenvalue weighted by Gasteiger charge is -2.21. The third-order valence-electron chi connectivity index (χ3n) is 2.85. The highest BCUT2D eigenvalue weighted by atomic mass is 32.1. The number of rotatable bonds is 6. The van der Waals surface area contributed by atoms with Gasteiger partial charge in [-0.1, -0.05) is 20.8 Å². The quantitative estimate of drug-likeness (QED) is 0.700. The first kappa shape index (κ1) is 17.2. The van der Waals surface area contributed by atoms with E-state index in [1.165, 1.54) is 11.3 Å². The molecule has 3 N–H and O–H groups in total. The lowest BCUT2D eigenvalue weighted by molar-refractivity contribution is -0.139. The standard InChI is InChI=1S/C14H20N2O4S/c1-4-10-5-9(8-21-10)13(20)16-15-11(17)6-14(2,3)7-12(18)19/h5,8H,4,6-7H2,1-3H3,(H,15,17)(H,16,20)(H,18,19). The monoisotopic (exact) mass is 312 g/mol. The Morgan fingerprint density at radius 1 is 1.24 bits per heavy atom. The van der Waals surface area contributed by atoms with Gasteiger partial charge in [0.2, 0.25) is 5.91 Å². The fraction of sp³-hybridized carbons (Fsp3) is 0.500. The molecule has 0 aliphatic carbocycles. The Labute approximate surface area is 127 Å². The van der Waals surface area contributed by atoms with Crippen LogP contribution in [0, 0.1) is 5.41 Å². The van der Waals surface area contributed by atoms with E-state index in [1.54, 1.807) is 25.3 Å². The molecule has 6 nitrogen and oxygen atoms in total. The first-order valence-corrected chi connectivity index (χ1v) is 7.50. The van der Waals surface area contributed by atoms with Crippen LogP contribution in [0.2, 0.25) is 0 Å². The summed E-state index contributed by atoms with van der Waals surface area (Å²) >= 11 is 1.49. The predicted molar refractivity (Wildman–Crippen MR) is 80.0 cm³/mol. The van der Waals surface area contributed by atoms with Crippen molar-refractivity contribution in [3.05, 3.63) is 21.9 Å². The van der Waals surface area contributed by atoms with Gasteiger partial charge in [-0.25, -0.2) is 0 Å². The van der Waals surface area contributed by atoms with Crippen LogP contribution in [0.5, 0.6) is 0 Å². The summed E-state index contributed by atoms with van der Waals surface area (Å²) < 4.78 is 0. The highest BCUT2D eigenvalue weighted by Crippen LogP contribution is 2.24. The number of hydrazine groups is 1. The highest BCUT2D eigenvalue weighted by Gasteiger charge is 2.25. The van der Waals surface area contributed by atoms with Gasteiger partial charge in [-0.3, -0.25) is 25.2 Å². The van der Waals surface area contributed by atoms with E-state index in [1.807, 2.05) is 6.92 Å². The largest absolute Gasteiger partial charge is 0.481 e. The number of thiophene rings is 1. The molecule has 2 amide bonds. The van der Waals surface area contributed by atoms with Crippen molar-refractivity contribution in [2.45, 2.75) is 40.0 Å². The maximum Gasteiger partial charge on any atom is 0.303 e. The molecule has 21 heavy (non-hydrogen) atoms. The van der Waals surface area contributed by atoms with Crippen LogP contribution in [0.1, 0.15) is 48.8 Å². The van der Waals surface area contributed by atoms with Gasteiger partial charge in [0.1, 0.15) is 0 Å². The molecule has 1 rings (SSSR count). The minimum absolute atomic E-state index is 0.0173. The van der Waals surface area contributed by atoms with Crippen molar-refractivity contribution >= 4 is 29.1 Å². The van der Waals surface area contributed by atoms with Gasteiger partial charge >= 0.3 is 5.97 Å². The first-order valence-electron chi connectivity index (χ1n) is 6.62. The van der Waals surface area contributed by atoms with Crippen LogP contribution in [0.25, 0.3) is 0 Å². The fourth-order valence-corrected chi connectivity index (χ4v) is 2.65. The van der Waals surface area contributed by atoms with Crippen molar-refractivity contribution in [1.29, 1.82) is 0 Å². The number of carbonyl (C=O) groups excluding carboxylic acids is 2. The van der Waals surface area contributed by atoms with Crippen molar-refractivity contribution in [1.82, 2.24) is 10.9 Å². The maximum absolute atomic E-state index is 11.8. The number of carboxylic acids is 1. The third kappa shape index (κ3) is 5.95. The van der Waals surface area contributed by atoms with Gasteiger partial charge in [-0.2, -0.15) is 0 Å². The summed E-state index contributed by atoms with van der Waals surface area (Å²) in [5, 5.41) is 10.5. The second kappa shape index (κ2) is 7.21. The number of aliphatic carboxylic acids is 1. The Kier molecular flexibility index (Phi) is 5.90. The zero-order valence-electron chi connectivity index (χ0n) is 12.4. The Bertz CT molecular complexity index is 537. The van der Waals surface area contributed by atoms with Gasteiger partial charge in [0.25, 0.3) is 5.91 Å². The van der Waals surface area contributed by atoms with Gasteiger partial charge < -0.3 is 5.11 Å². The summed E-state index contributed by atoms with van der Waals surface area (Å²) in [6.07, 6.45) is 0.760. The molecule has 0 aliphatic rings. The third-order valence-corrected chi connectivity index (χ3v) is 3.93. The molecule has 0 atom stereocenters. The SMILES string of the molecule is CCc1cc(C(=O)NNC(=O)CC(C)(C)CC(=O)O)cs1. The zero-order valence-corrected chi connectivity index (χ0v) is 13.2. The molecule has 0 aromatic carbocycles. The molecule has 0 saturated carbocycles. The maximum atomic E-state index is 11.8. The molecule has 0 aliphatic heterocycles. The number of hydrogen-bond acceptors (Lipinski definition) is 4. The van der Waals surface area contributed by atoms with Crippen LogP contribution in [-0.4, -0.2) is 22.9 Å². The minimum atomic E-state index is -0.956. The molecule has 7 heteroatoms. The average Bonchev–Trinajstić information content (AvgIpc) is 2.82. The average molecular weight is 312 g/mol. The van der Waals surface area contributed by atoms with Crippen LogP contribution < -0.4 is 10.9 Å². The van der Waals surface area contributed by atoms with E-state index in [4.69, 9.17) is 5.11 Å². The summed E-state index contributed by atoms with van der Waals surface area (Å²) in [6.45, 7) is 5.38. The normalized spacial score (nSPS) is 11.0. The van der Waals surface area contributed by atoms with E-state index < -0.39 is 17.3 Å². The summed E-state index contributed by atoms with van der Waals surface area (Å²) in [6, 6.07) is 1.78. The summed E-state index contributed by atoms with van der Waals surface area (Å²) in [4.78, 5) is 35.3. The number of nitrogens with one attached hydrogen (secondary N) is 2. The molecule has 0 saturated heterocycles. The lowest BCUT2D eigenvalue weighted by atomic mass is 9.85. The van der Waals surface area contributed by atoms with Gasteiger partial charge in [-0.05, 0) is 17.9 Å². The van der Waals surface area contributed by atoms with E-state index >= 15 is 0 Å². The molecule has 116 valence electrons. The first-order chi connectivity index (χ1) is 9.73. The van der Waals surface area contributed by atoms with Crippen molar-refractivity contribution in [3.63, 3.8) is 0 Å². The second-order valence-electron chi connectivity index (χ2n) is 5.57. The van der Waals surface area contributed by atoms with Crippen LogP contribution in [-0.2, 0) is 16.0 Å². The summed E-state index contributed by atoms with van der Waals surface area (Å²) in [5.74, 6) is -1.75. The fourth-order valence-electron chi connectivity index (χ4n) is 1.83. The van der Waals surface area contributed by atoms with Crippen molar-refractivity contribution in [3.8, 4) is 0 Å². The van der Waals surface area contributed by atoms with Gasteiger partial charge in [0.05, 0.1) is 12.0 Å². The molecule has 1 aromatic heterocycles. The van der Waals surface area contributed by atoms with Gasteiger partial charge in [0, 0.05) is 16.7 Å². The molecule has 0 bridgehead atoms. The van der Waals surface area contributed by atoms with E-state index in [0.29, 0.717) is 5.56 Å². The van der Waals surface area contributed by atoms with Gasteiger partial charge in [0.15, 0.2) is 0 Å². The Hall–Kier alpha value is -1.89. The predicted octanol–water partition coefficient (Wildman–Crippen LogP) is 1.96. The van der Waals surface area contributed by atoms with Crippen LogP contribution in [0.3, 0.4) is 0 Å². The zero-order chi connectivity index (χ0) is 16.0. The molecular formula is C14H20N2O4S. The number of carbonyl (C=O) groups is 3. The highest BCUT2D eigenvalue weighted by molar-refractivity contribution is 7.10. The van der Waals surface area contributed by atoms with E-state index in [2.05, 4.69) is 10.9 Å². The molecule has 1 aromatic rings. The summed E-state index contributed by atoms with van der Waals surface area (Å²) in [7, 11) is 0. The Morgan fingerprint density at radius 2 is 1.90 bits per heavy atom. The topological polar surface area (TPSA) is 95.5 Å².